The number of benzene rings is 1. The maximum atomic E-state index is 5.54. The normalized spacial score (nSPS) is 9.47. The molecule has 1 aromatic carbocycles. The van der Waals surface area contributed by atoms with Gasteiger partial charge in [0.25, 0.3) is 0 Å². The number of hydrogen-bond donors (Lipinski definition) is 1. The molecule has 1 rings (SSSR count). The molecule has 0 saturated carbocycles. The average Bonchev–Trinajstić information content (AvgIpc) is 2.26. The average molecular weight is 270 g/mol. The molecule has 0 aliphatic rings. The molecule has 0 radical (unpaired) electrons. The quantitative estimate of drug-likeness (QED) is 0.850. The van der Waals surface area contributed by atoms with E-state index in [2.05, 4.69) is 21.9 Å². The fourth-order valence-corrected chi connectivity index (χ4v) is 1.75. The number of ether oxygens (including phenoxy) is 2. The molecule has 1 aromatic rings. The van der Waals surface area contributed by atoms with Gasteiger partial charge in [-0.25, -0.2) is 0 Å². The zero-order valence-corrected chi connectivity index (χ0v) is 10.0. The molecule has 0 atom stereocenters. The molecule has 0 aromatic heterocycles. The van der Waals surface area contributed by atoms with Gasteiger partial charge in [-0.1, -0.05) is 5.92 Å². The first kappa shape index (κ1) is 11.9. The monoisotopic (exact) mass is 269 g/mol. The lowest BCUT2D eigenvalue weighted by atomic mass is 10.2. The first-order valence-corrected chi connectivity index (χ1v) is 5.15. The Morgan fingerprint density at radius 3 is 2.80 bits per heavy atom. The van der Waals surface area contributed by atoms with E-state index in [9.17, 15) is 0 Å². The van der Waals surface area contributed by atoms with E-state index in [4.69, 9.17) is 21.6 Å². The van der Waals surface area contributed by atoms with Crippen molar-refractivity contribution < 1.29 is 9.47 Å². The van der Waals surface area contributed by atoms with E-state index in [-0.39, 0.29) is 6.61 Å². The summed E-state index contributed by atoms with van der Waals surface area (Å²) >= 11 is 3.38. The van der Waals surface area contributed by atoms with Crippen LogP contribution in [0.25, 0.3) is 0 Å². The van der Waals surface area contributed by atoms with Crippen molar-refractivity contribution in [1.29, 1.82) is 0 Å². The van der Waals surface area contributed by atoms with Crippen LogP contribution < -0.4 is 15.2 Å². The Hall–Kier alpha value is -1.18. The van der Waals surface area contributed by atoms with Gasteiger partial charge in [0, 0.05) is 6.54 Å². The van der Waals surface area contributed by atoms with Crippen molar-refractivity contribution in [1.82, 2.24) is 0 Å². The summed E-state index contributed by atoms with van der Waals surface area (Å²) in [6.07, 6.45) is 5.12. The number of hydrogen-bond acceptors (Lipinski definition) is 3. The zero-order chi connectivity index (χ0) is 11.3. The third-order valence-corrected chi connectivity index (χ3v) is 2.41. The highest BCUT2D eigenvalue weighted by Crippen LogP contribution is 2.36. The van der Waals surface area contributed by atoms with Gasteiger partial charge < -0.3 is 15.2 Å². The fraction of sp³-hybridized carbons (Fsp3) is 0.273. The number of nitrogens with two attached hydrogens (primary N) is 1. The molecule has 0 aliphatic carbocycles. The molecule has 0 bridgehead atoms. The van der Waals surface area contributed by atoms with E-state index in [1.165, 1.54) is 0 Å². The summed E-state index contributed by atoms with van der Waals surface area (Å²) in [6, 6.07) is 3.71. The Bertz CT molecular complexity index is 385. The fourth-order valence-electron chi connectivity index (χ4n) is 1.14. The Labute approximate surface area is 97.7 Å². The Kier molecular flexibility index (Phi) is 4.47. The molecule has 0 fully saturated rings. The summed E-state index contributed by atoms with van der Waals surface area (Å²) in [5, 5.41) is 0. The summed E-state index contributed by atoms with van der Waals surface area (Å²) in [5.74, 6) is 3.63. The SMILES string of the molecule is C#CCOc1c(Br)cc(CN)cc1OC. The standard InChI is InChI=1S/C11H12BrNO2/c1-3-4-15-11-9(12)5-8(7-13)6-10(11)14-2/h1,5-6H,4,7,13H2,2H3. The van der Waals surface area contributed by atoms with Crippen molar-refractivity contribution in [2.45, 2.75) is 6.54 Å². The van der Waals surface area contributed by atoms with Gasteiger partial charge in [-0.2, -0.15) is 0 Å². The molecular formula is C11H12BrNO2. The van der Waals surface area contributed by atoms with Crippen molar-refractivity contribution in [3.8, 4) is 23.8 Å². The van der Waals surface area contributed by atoms with Crippen molar-refractivity contribution in [3.63, 3.8) is 0 Å². The predicted molar refractivity (Wildman–Crippen MR) is 62.9 cm³/mol. The number of rotatable bonds is 4. The molecule has 0 saturated heterocycles. The van der Waals surface area contributed by atoms with Crippen molar-refractivity contribution in [2.75, 3.05) is 13.7 Å². The van der Waals surface area contributed by atoms with Crippen molar-refractivity contribution in [3.05, 3.63) is 22.2 Å². The van der Waals surface area contributed by atoms with E-state index in [0.29, 0.717) is 18.0 Å². The van der Waals surface area contributed by atoms with Crippen LogP contribution in [0.3, 0.4) is 0 Å². The van der Waals surface area contributed by atoms with Gasteiger partial charge in [0.15, 0.2) is 11.5 Å². The molecule has 0 heterocycles. The molecule has 80 valence electrons. The largest absolute Gasteiger partial charge is 0.493 e. The van der Waals surface area contributed by atoms with Crippen LogP contribution in [0.4, 0.5) is 0 Å². The highest BCUT2D eigenvalue weighted by molar-refractivity contribution is 9.10. The summed E-state index contributed by atoms with van der Waals surface area (Å²) in [7, 11) is 1.57. The lowest BCUT2D eigenvalue weighted by Gasteiger charge is -2.12. The molecule has 0 spiro atoms. The molecular weight excluding hydrogens is 258 g/mol. The highest BCUT2D eigenvalue weighted by atomic mass is 79.9. The maximum Gasteiger partial charge on any atom is 0.176 e. The molecule has 0 aliphatic heterocycles. The molecule has 4 heteroatoms. The number of halogens is 1. The zero-order valence-electron chi connectivity index (χ0n) is 8.42. The number of terminal acetylenes is 1. The second kappa shape index (κ2) is 5.64. The van der Waals surface area contributed by atoms with Crippen LogP contribution in [-0.2, 0) is 6.54 Å². The second-order valence-corrected chi connectivity index (χ2v) is 3.66. The van der Waals surface area contributed by atoms with E-state index < -0.39 is 0 Å². The van der Waals surface area contributed by atoms with Gasteiger partial charge in [0.05, 0.1) is 11.6 Å². The Balaban J connectivity index is 3.08. The third-order valence-electron chi connectivity index (χ3n) is 1.82. The van der Waals surface area contributed by atoms with Gasteiger partial charge in [-0.15, -0.1) is 6.42 Å². The third kappa shape index (κ3) is 2.88. The minimum atomic E-state index is 0.205. The highest BCUT2D eigenvalue weighted by Gasteiger charge is 2.10. The summed E-state index contributed by atoms with van der Waals surface area (Å²) in [4.78, 5) is 0. The summed E-state index contributed by atoms with van der Waals surface area (Å²) in [6.45, 7) is 0.654. The van der Waals surface area contributed by atoms with Gasteiger partial charge in [0.1, 0.15) is 6.61 Å². The van der Waals surface area contributed by atoms with Gasteiger partial charge in [-0.05, 0) is 33.6 Å². The second-order valence-electron chi connectivity index (χ2n) is 2.81. The van der Waals surface area contributed by atoms with E-state index >= 15 is 0 Å². The van der Waals surface area contributed by atoms with Crippen molar-refractivity contribution in [2.24, 2.45) is 5.73 Å². The molecule has 15 heavy (non-hydrogen) atoms. The van der Waals surface area contributed by atoms with Gasteiger partial charge >= 0.3 is 0 Å². The van der Waals surface area contributed by atoms with E-state index in [1.54, 1.807) is 7.11 Å². The van der Waals surface area contributed by atoms with Crippen LogP contribution in [-0.4, -0.2) is 13.7 Å². The van der Waals surface area contributed by atoms with Crippen LogP contribution in [0, 0.1) is 12.3 Å². The molecule has 3 nitrogen and oxygen atoms in total. The maximum absolute atomic E-state index is 5.54. The molecule has 2 N–H and O–H groups in total. The first-order valence-electron chi connectivity index (χ1n) is 4.35. The van der Waals surface area contributed by atoms with Crippen LogP contribution in [0.15, 0.2) is 16.6 Å². The van der Waals surface area contributed by atoms with Gasteiger partial charge in [0.2, 0.25) is 0 Å². The molecule has 0 amide bonds. The number of methoxy groups -OCH3 is 1. The molecule has 0 unspecified atom stereocenters. The minimum Gasteiger partial charge on any atom is -0.493 e. The van der Waals surface area contributed by atoms with Crippen LogP contribution in [0.5, 0.6) is 11.5 Å². The van der Waals surface area contributed by atoms with E-state index in [1.807, 2.05) is 12.1 Å². The lowest BCUT2D eigenvalue weighted by Crippen LogP contribution is -2.01. The van der Waals surface area contributed by atoms with Gasteiger partial charge in [-0.3, -0.25) is 0 Å². The van der Waals surface area contributed by atoms with Crippen LogP contribution in [0.1, 0.15) is 5.56 Å². The summed E-state index contributed by atoms with van der Waals surface area (Å²) in [5.41, 5.74) is 6.51. The van der Waals surface area contributed by atoms with E-state index in [0.717, 1.165) is 10.0 Å². The smallest absolute Gasteiger partial charge is 0.176 e. The predicted octanol–water partition coefficient (Wildman–Crippen LogP) is 1.93. The lowest BCUT2D eigenvalue weighted by molar-refractivity contribution is 0.328. The first-order chi connectivity index (χ1) is 7.22. The van der Waals surface area contributed by atoms with Crippen LogP contribution in [0.2, 0.25) is 0 Å². The van der Waals surface area contributed by atoms with Crippen molar-refractivity contribution >= 4 is 15.9 Å². The Morgan fingerprint density at radius 1 is 1.53 bits per heavy atom. The summed E-state index contributed by atoms with van der Waals surface area (Å²) < 4.78 is 11.3. The topological polar surface area (TPSA) is 44.5 Å². The minimum absolute atomic E-state index is 0.205. The Morgan fingerprint density at radius 2 is 2.27 bits per heavy atom. The van der Waals surface area contributed by atoms with Crippen LogP contribution >= 0.6 is 15.9 Å².